The summed E-state index contributed by atoms with van der Waals surface area (Å²) in [4.78, 5) is 4.01. The summed E-state index contributed by atoms with van der Waals surface area (Å²) in [5.74, 6) is 0.391. The minimum Gasteiger partial charge on any atom is -0.339 e. The lowest BCUT2D eigenvalue weighted by molar-refractivity contribution is 0.805. The first-order chi connectivity index (χ1) is 11.9. The largest absolute Gasteiger partial charge is 0.339 e. The number of nitrogens with one attached hydrogen (secondary N) is 1. The summed E-state index contributed by atoms with van der Waals surface area (Å²) in [5, 5.41) is 16.3. The molecule has 6 nitrogen and oxygen atoms in total. The molecule has 118 valence electrons. The average Bonchev–Trinajstić information content (AvgIpc) is 3.26. The summed E-state index contributed by atoms with van der Waals surface area (Å²) < 4.78 is 2.26. The number of nitrogens with zero attached hydrogens (tertiary/aromatic N) is 5. The Labute approximate surface area is 138 Å². The predicted octanol–water partition coefficient (Wildman–Crippen LogP) is 4.86. The van der Waals surface area contributed by atoms with Crippen LogP contribution >= 0.6 is 0 Å². The van der Waals surface area contributed by atoms with Crippen molar-refractivity contribution < 1.29 is 0 Å². The van der Waals surface area contributed by atoms with E-state index in [1.807, 2.05) is 30.3 Å². The molecule has 24 heavy (non-hydrogen) atoms. The Bertz CT molecular complexity index is 983. The number of azo groups is 1. The smallest absolute Gasteiger partial charge is 0.264 e. The maximum Gasteiger partial charge on any atom is 0.264 e. The van der Waals surface area contributed by atoms with Crippen LogP contribution in [0.3, 0.4) is 0 Å². The Hall–Kier alpha value is -3.28. The highest BCUT2D eigenvalue weighted by atomic mass is 15.3. The molecular weight excluding hydrogens is 300 g/mol. The van der Waals surface area contributed by atoms with Gasteiger partial charge >= 0.3 is 0 Å². The minimum absolute atomic E-state index is 0.391. The molecule has 2 aromatic carbocycles. The standard InChI is InChI=1S/C18H16N6/c1-2-24-15-11-7-6-10-14(15)16(21-23-18-19-12-20-22-18)17(24)13-8-4-3-5-9-13/h3-12H,2H2,1H3,(H,19,20,22). The van der Waals surface area contributed by atoms with Crippen LogP contribution in [0.5, 0.6) is 0 Å². The van der Waals surface area contributed by atoms with Crippen LogP contribution < -0.4 is 0 Å². The van der Waals surface area contributed by atoms with Gasteiger partial charge in [-0.15, -0.1) is 10.2 Å². The van der Waals surface area contributed by atoms with Crippen molar-refractivity contribution in [1.82, 2.24) is 19.7 Å². The molecule has 0 saturated carbocycles. The third kappa shape index (κ3) is 2.38. The minimum atomic E-state index is 0.391. The van der Waals surface area contributed by atoms with Crippen molar-refractivity contribution in [3.63, 3.8) is 0 Å². The van der Waals surface area contributed by atoms with Crippen LogP contribution in [-0.2, 0) is 6.54 Å². The number of rotatable bonds is 4. The molecule has 2 heterocycles. The fraction of sp³-hybridized carbons (Fsp3) is 0.111. The maximum atomic E-state index is 4.49. The Balaban J connectivity index is 1.99. The molecule has 4 aromatic rings. The number of aryl methyl sites for hydroxylation is 1. The van der Waals surface area contributed by atoms with E-state index in [4.69, 9.17) is 0 Å². The number of hydrogen-bond donors (Lipinski definition) is 1. The third-order valence-corrected chi connectivity index (χ3v) is 3.95. The van der Waals surface area contributed by atoms with E-state index in [1.165, 1.54) is 6.33 Å². The van der Waals surface area contributed by atoms with Crippen LogP contribution in [0.25, 0.3) is 22.2 Å². The summed E-state index contributed by atoms with van der Waals surface area (Å²) in [6, 6.07) is 18.5. The molecule has 0 radical (unpaired) electrons. The van der Waals surface area contributed by atoms with E-state index in [2.05, 4.69) is 61.2 Å². The highest BCUT2D eigenvalue weighted by Gasteiger charge is 2.17. The maximum absolute atomic E-state index is 4.49. The quantitative estimate of drug-likeness (QED) is 0.546. The van der Waals surface area contributed by atoms with Gasteiger partial charge in [0.25, 0.3) is 5.95 Å². The van der Waals surface area contributed by atoms with E-state index < -0.39 is 0 Å². The van der Waals surface area contributed by atoms with Gasteiger partial charge in [-0.25, -0.2) is 5.10 Å². The topological polar surface area (TPSA) is 71.2 Å². The van der Waals surface area contributed by atoms with Gasteiger partial charge in [-0.1, -0.05) is 48.5 Å². The number of aromatic nitrogens is 4. The molecule has 0 fully saturated rings. The van der Waals surface area contributed by atoms with Crippen LogP contribution in [-0.4, -0.2) is 19.7 Å². The summed E-state index contributed by atoms with van der Waals surface area (Å²) >= 11 is 0. The second-order valence-electron chi connectivity index (χ2n) is 5.33. The van der Waals surface area contributed by atoms with E-state index in [-0.39, 0.29) is 0 Å². The Morgan fingerprint density at radius 2 is 1.79 bits per heavy atom. The normalized spacial score (nSPS) is 11.5. The first-order valence-corrected chi connectivity index (χ1v) is 7.82. The summed E-state index contributed by atoms with van der Waals surface area (Å²) in [7, 11) is 0. The van der Waals surface area contributed by atoms with Crippen molar-refractivity contribution in [2.45, 2.75) is 13.5 Å². The van der Waals surface area contributed by atoms with Crippen molar-refractivity contribution in [1.29, 1.82) is 0 Å². The molecule has 0 bridgehead atoms. The molecule has 0 aliphatic heterocycles. The van der Waals surface area contributed by atoms with Crippen LogP contribution in [0.4, 0.5) is 11.6 Å². The number of fused-ring (bicyclic) bond motifs is 1. The zero-order chi connectivity index (χ0) is 16.4. The van der Waals surface area contributed by atoms with E-state index in [0.717, 1.165) is 34.4 Å². The first-order valence-electron chi connectivity index (χ1n) is 7.82. The van der Waals surface area contributed by atoms with Gasteiger partial charge in [0, 0.05) is 17.5 Å². The van der Waals surface area contributed by atoms with Crippen LogP contribution in [0.2, 0.25) is 0 Å². The summed E-state index contributed by atoms with van der Waals surface area (Å²) in [6.07, 6.45) is 1.42. The SMILES string of the molecule is CCn1c(-c2ccccc2)c(N=Nc2ncn[nH]2)c2ccccc21. The second kappa shape index (κ2) is 6.08. The van der Waals surface area contributed by atoms with Crippen LogP contribution in [0.1, 0.15) is 6.92 Å². The molecule has 4 rings (SSSR count). The Kier molecular flexibility index (Phi) is 3.63. The number of H-pyrrole nitrogens is 1. The molecule has 0 aliphatic rings. The summed E-state index contributed by atoms with van der Waals surface area (Å²) in [6.45, 7) is 2.98. The lowest BCUT2D eigenvalue weighted by Crippen LogP contribution is -1.96. The second-order valence-corrected chi connectivity index (χ2v) is 5.33. The lowest BCUT2D eigenvalue weighted by Gasteiger charge is -2.08. The molecule has 0 spiro atoms. The number of para-hydroxylation sites is 1. The lowest BCUT2D eigenvalue weighted by atomic mass is 10.1. The highest BCUT2D eigenvalue weighted by molar-refractivity contribution is 6.00. The van der Waals surface area contributed by atoms with Crippen molar-refractivity contribution in [3.05, 3.63) is 60.9 Å². The van der Waals surface area contributed by atoms with Gasteiger partial charge in [-0.2, -0.15) is 10.1 Å². The van der Waals surface area contributed by atoms with Crippen molar-refractivity contribution in [2.24, 2.45) is 10.2 Å². The van der Waals surface area contributed by atoms with Gasteiger partial charge in [-0.3, -0.25) is 0 Å². The zero-order valence-corrected chi connectivity index (χ0v) is 13.2. The van der Waals surface area contributed by atoms with Gasteiger partial charge in [0.05, 0.1) is 11.2 Å². The highest BCUT2D eigenvalue weighted by Crippen LogP contribution is 2.40. The summed E-state index contributed by atoms with van der Waals surface area (Å²) in [5.41, 5.74) is 4.16. The van der Waals surface area contributed by atoms with Gasteiger partial charge in [0.15, 0.2) is 0 Å². The molecule has 2 aromatic heterocycles. The third-order valence-electron chi connectivity index (χ3n) is 3.95. The Morgan fingerprint density at radius 3 is 2.54 bits per heavy atom. The zero-order valence-electron chi connectivity index (χ0n) is 13.2. The van der Waals surface area contributed by atoms with Gasteiger partial charge in [0.2, 0.25) is 0 Å². The first kappa shape index (κ1) is 14.3. The van der Waals surface area contributed by atoms with Gasteiger partial charge < -0.3 is 4.57 Å². The fourth-order valence-electron chi connectivity index (χ4n) is 2.95. The molecule has 6 heteroatoms. The molecule has 0 amide bonds. The van der Waals surface area contributed by atoms with E-state index in [0.29, 0.717) is 5.95 Å². The molecule has 0 unspecified atom stereocenters. The number of aromatic amines is 1. The molecule has 0 aliphatic carbocycles. The van der Waals surface area contributed by atoms with Crippen molar-refractivity contribution >= 4 is 22.5 Å². The molecule has 0 saturated heterocycles. The fourth-order valence-corrected chi connectivity index (χ4v) is 2.95. The van der Waals surface area contributed by atoms with E-state index >= 15 is 0 Å². The average molecular weight is 316 g/mol. The Morgan fingerprint density at radius 1 is 1.00 bits per heavy atom. The molecular formula is C18H16N6. The van der Waals surface area contributed by atoms with Crippen LogP contribution in [0.15, 0.2) is 71.2 Å². The van der Waals surface area contributed by atoms with E-state index in [9.17, 15) is 0 Å². The van der Waals surface area contributed by atoms with Crippen molar-refractivity contribution in [3.8, 4) is 11.3 Å². The van der Waals surface area contributed by atoms with Gasteiger partial charge in [-0.05, 0) is 13.0 Å². The monoisotopic (exact) mass is 316 g/mol. The van der Waals surface area contributed by atoms with Gasteiger partial charge in [0.1, 0.15) is 12.0 Å². The predicted molar refractivity (Wildman–Crippen MR) is 93.6 cm³/mol. The molecule has 1 N–H and O–H groups in total. The van der Waals surface area contributed by atoms with E-state index in [1.54, 1.807) is 0 Å². The number of benzene rings is 2. The van der Waals surface area contributed by atoms with Crippen LogP contribution in [0, 0.1) is 0 Å². The van der Waals surface area contributed by atoms with Crippen molar-refractivity contribution in [2.75, 3.05) is 0 Å². The molecule has 0 atom stereocenters. The number of hydrogen-bond acceptors (Lipinski definition) is 4.